The molecule has 0 fully saturated rings. The molecule has 0 bridgehead atoms. The lowest BCUT2D eigenvalue weighted by Gasteiger charge is -2.08. The van der Waals surface area contributed by atoms with Crippen LogP contribution in [-0.2, 0) is 12.8 Å². The molecule has 0 radical (unpaired) electrons. The quantitative estimate of drug-likeness (QED) is 0.484. The van der Waals surface area contributed by atoms with Crippen molar-refractivity contribution in [2.45, 2.75) is 24.4 Å². The molecule has 0 aliphatic heterocycles. The van der Waals surface area contributed by atoms with Crippen LogP contribution in [0.2, 0.25) is 5.15 Å². The van der Waals surface area contributed by atoms with Gasteiger partial charge in [-0.2, -0.15) is 4.98 Å². The molecule has 0 saturated carbocycles. The predicted molar refractivity (Wildman–Crippen MR) is 77.4 cm³/mol. The van der Waals surface area contributed by atoms with Crippen molar-refractivity contribution >= 4 is 23.4 Å². The summed E-state index contributed by atoms with van der Waals surface area (Å²) < 4.78 is 5.78. The smallest absolute Gasteiger partial charge is 0.224 e. The van der Waals surface area contributed by atoms with E-state index in [0.29, 0.717) is 16.2 Å². The number of thioether (sulfide) groups is 1. The van der Waals surface area contributed by atoms with E-state index in [2.05, 4.69) is 22.1 Å². The van der Waals surface area contributed by atoms with Crippen LogP contribution in [0.25, 0.3) is 0 Å². The molecule has 0 N–H and O–H groups in total. The Balaban J connectivity index is 1.86. The Morgan fingerprint density at radius 3 is 2.84 bits per heavy atom. The van der Waals surface area contributed by atoms with Crippen LogP contribution in [0.1, 0.15) is 17.5 Å². The second-order valence-corrected chi connectivity index (χ2v) is 5.56. The van der Waals surface area contributed by atoms with Gasteiger partial charge in [0.05, 0.1) is 0 Å². The number of hydrogen-bond acceptors (Lipinski definition) is 4. The fraction of sp³-hybridized carbons (Fsp3) is 0.286. The molecular formula is C14H13ClN2OS. The Morgan fingerprint density at radius 2 is 2.00 bits per heavy atom. The van der Waals surface area contributed by atoms with Gasteiger partial charge in [0.2, 0.25) is 5.88 Å². The first-order valence-electron chi connectivity index (χ1n) is 6.13. The van der Waals surface area contributed by atoms with Crippen LogP contribution in [0, 0.1) is 0 Å². The molecular weight excluding hydrogens is 280 g/mol. The molecule has 1 aliphatic rings. The summed E-state index contributed by atoms with van der Waals surface area (Å²) in [6.45, 7) is 0. The Morgan fingerprint density at radius 1 is 1.16 bits per heavy atom. The number of ether oxygens (including phenoxy) is 1. The second-order valence-electron chi connectivity index (χ2n) is 4.40. The predicted octanol–water partition coefficient (Wildman–Crippen LogP) is 4.13. The molecule has 0 atom stereocenters. The van der Waals surface area contributed by atoms with Gasteiger partial charge >= 0.3 is 0 Å². The minimum absolute atomic E-state index is 0.399. The van der Waals surface area contributed by atoms with E-state index in [4.69, 9.17) is 16.3 Å². The molecule has 1 aliphatic carbocycles. The Bertz CT molecular complexity index is 618. The lowest BCUT2D eigenvalue weighted by atomic mass is 10.1. The highest BCUT2D eigenvalue weighted by Crippen LogP contribution is 2.29. The highest BCUT2D eigenvalue weighted by molar-refractivity contribution is 7.98. The SMILES string of the molecule is CSc1nc(Cl)cc(Oc2ccc3c(c2)CCC3)n1. The van der Waals surface area contributed by atoms with Crippen LogP contribution in [0.3, 0.4) is 0 Å². The number of fused-ring (bicyclic) bond motifs is 1. The Kier molecular flexibility index (Phi) is 3.62. The summed E-state index contributed by atoms with van der Waals surface area (Å²) in [6.07, 6.45) is 5.44. The summed E-state index contributed by atoms with van der Waals surface area (Å²) in [5, 5.41) is 1.01. The summed E-state index contributed by atoms with van der Waals surface area (Å²) in [5.74, 6) is 1.30. The highest BCUT2D eigenvalue weighted by atomic mass is 35.5. The van der Waals surface area contributed by atoms with Gasteiger partial charge in [-0.3, -0.25) is 0 Å². The van der Waals surface area contributed by atoms with Crippen LogP contribution in [0.15, 0.2) is 29.4 Å². The van der Waals surface area contributed by atoms with E-state index in [0.717, 1.165) is 12.2 Å². The number of nitrogens with zero attached hydrogens (tertiary/aromatic N) is 2. The first-order valence-corrected chi connectivity index (χ1v) is 7.73. The standard InChI is InChI=1S/C14H13ClN2OS/c1-19-14-16-12(15)8-13(17-14)18-11-6-5-9-3-2-4-10(9)7-11/h5-8H,2-4H2,1H3. The maximum absolute atomic E-state index is 5.94. The molecule has 1 aromatic carbocycles. The number of aromatic nitrogens is 2. The first kappa shape index (κ1) is 12.8. The lowest BCUT2D eigenvalue weighted by molar-refractivity contribution is 0.455. The highest BCUT2D eigenvalue weighted by Gasteiger charge is 2.12. The number of benzene rings is 1. The largest absolute Gasteiger partial charge is 0.439 e. The van der Waals surface area contributed by atoms with Gasteiger partial charge in [0, 0.05) is 6.07 Å². The Labute approximate surface area is 121 Å². The fourth-order valence-corrected chi connectivity index (χ4v) is 2.85. The van der Waals surface area contributed by atoms with Crippen LogP contribution >= 0.6 is 23.4 Å². The van der Waals surface area contributed by atoms with Crippen molar-refractivity contribution in [2.24, 2.45) is 0 Å². The monoisotopic (exact) mass is 292 g/mol. The molecule has 2 aromatic rings. The van der Waals surface area contributed by atoms with Crippen molar-refractivity contribution in [3.63, 3.8) is 0 Å². The third kappa shape index (κ3) is 2.85. The van der Waals surface area contributed by atoms with E-state index in [-0.39, 0.29) is 0 Å². The summed E-state index contributed by atoms with van der Waals surface area (Å²) in [6, 6.07) is 7.85. The van der Waals surface area contributed by atoms with E-state index in [1.165, 1.54) is 35.7 Å². The maximum Gasteiger partial charge on any atom is 0.224 e. The van der Waals surface area contributed by atoms with Gasteiger partial charge in [-0.05, 0) is 48.8 Å². The number of aryl methyl sites for hydroxylation is 2. The first-order chi connectivity index (χ1) is 9.24. The van der Waals surface area contributed by atoms with Gasteiger partial charge in [0.1, 0.15) is 10.9 Å². The van der Waals surface area contributed by atoms with Gasteiger partial charge < -0.3 is 4.74 Å². The molecule has 0 amide bonds. The molecule has 5 heteroatoms. The molecule has 1 aromatic heterocycles. The van der Waals surface area contributed by atoms with Gasteiger partial charge in [-0.15, -0.1) is 0 Å². The zero-order valence-corrected chi connectivity index (χ0v) is 12.1. The molecule has 98 valence electrons. The molecule has 1 heterocycles. The van der Waals surface area contributed by atoms with Crippen LogP contribution in [0.5, 0.6) is 11.6 Å². The molecule has 0 saturated heterocycles. The van der Waals surface area contributed by atoms with Crippen molar-refractivity contribution in [3.05, 3.63) is 40.5 Å². The molecule has 19 heavy (non-hydrogen) atoms. The third-order valence-corrected chi connectivity index (χ3v) is 3.87. The van der Waals surface area contributed by atoms with E-state index in [1.807, 2.05) is 12.3 Å². The average molecular weight is 293 g/mol. The van der Waals surface area contributed by atoms with Gasteiger partial charge in [-0.25, -0.2) is 4.98 Å². The minimum Gasteiger partial charge on any atom is -0.439 e. The van der Waals surface area contributed by atoms with Crippen LogP contribution in [0.4, 0.5) is 0 Å². The Hall–Kier alpha value is -1.26. The lowest BCUT2D eigenvalue weighted by Crippen LogP contribution is -1.93. The van der Waals surface area contributed by atoms with E-state index in [9.17, 15) is 0 Å². The molecule has 0 unspecified atom stereocenters. The third-order valence-electron chi connectivity index (χ3n) is 3.13. The topological polar surface area (TPSA) is 35.0 Å². The van der Waals surface area contributed by atoms with E-state index < -0.39 is 0 Å². The zero-order chi connectivity index (χ0) is 13.2. The van der Waals surface area contributed by atoms with Gasteiger partial charge in [-0.1, -0.05) is 29.4 Å². The van der Waals surface area contributed by atoms with Crippen molar-refractivity contribution in [1.82, 2.24) is 9.97 Å². The zero-order valence-electron chi connectivity index (χ0n) is 10.5. The van der Waals surface area contributed by atoms with Crippen LogP contribution in [-0.4, -0.2) is 16.2 Å². The van der Waals surface area contributed by atoms with Crippen molar-refractivity contribution in [2.75, 3.05) is 6.26 Å². The average Bonchev–Trinajstić information content (AvgIpc) is 2.85. The van der Waals surface area contributed by atoms with Gasteiger partial charge in [0.25, 0.3) is 0 Å². The van der Waals surface area contributed by atoms with E-state index in [1.54, 1.807) is 6.07 Å². The fourth-order valence-electron chi connectivity index (χ4n) is 2.25. The summed E-state index contributed by atoms with van der Waals surface area (Å²) in [7, 11) is 0. The van der Waals surface area contributed by atoms with Crippen molar-refractivity contribution in [1.29, 1.82) is 0 Å². The van der Waals surface area contributed by atoms with Crippen molar-refractivity contribution < 1.29 is 4.74 Å². The second kappa shape index (κ2) is 5.39. The van der Waals surface area contributed by atoms with Crippen molar-refractivity contribution in [3.8, 4) is 11.6 Å². The normalized spacial score (nSPS) is 13.4. The van der Waals surface area contributed by atoms with Crippen LogP contribution < -0.4 is 4.74 Å². The number of hydrogen-bond donors (Lipinski definition) is 0. The molecule has 3 rings (SSSR count). The van der Waals surface area contributed by atoms with E-state index >= 15 is 0 Å². The summed E-state index contributed by atoms with van der Waals surface area (Å²) >= 11 is 7.39. The summed E-state index contributed by atoms with van der Waals surface area (Å²) in [5.41, 5.74) is 2.81. The molecule has 3 nitrogen and oxygen atoms in total. The maximum atomic E-state index is 5.94. The molecule has 0 spiro atoms. The summed E-state index contributed by atoms with van der Waals surface area (Å²) in [4.78, 5) is 8.38. The minimum atomic E-state index is 0.399. The number of rotatable bonds is 3. The number of halogens is 1. The van der Waals surface area contributed by atoms with Gasteiger partial charge in [0.15, 0.2) is 5.16 Å².